The van der Waals surface area contributed by atoms with Crippen molar-refractivity contribution in [3.05, 3.63) is 65.7 Å². The van der Waals surface area contributed by atoms with Gasteiger partial charge in [0.1, 0.15) is 12.4 Å². The molecule has 0 aliphatic rings. The number of rotatable bonds is 8. The van der Waals surface area contributed by atoms with Crippen molar-refractivity contribution in [3.8, 4) is 5.75 Å². The van der Waals surface area contributed by atoms with E-state index in [0.29, 0.717) is 18.6 Å². The third-order valence-electron chi connectivity index (χ3n) is 3.54. The second-order valence-electron chi connectivity index (χ2n) is 5.54. The molecule has 1 atom stereocenters. The summed E-state index contributed by atoms with van der Waals surface area (Å²) >= 11 is 0. The molecule has 122 valence electrons. The minimum Gasteiger partial charge on any atom is -0.489 e. The molecular weight excluding hydrogens is 290 g/mol. The van der Waals surface area contributed by atoms with Crippen LogP contribution in [0.15, 0.2) is 54.6 Å². The number of hydrogen-bond donors (Lipinski definition) is 2. The fourth-order valence-corrected chi connectivity index (χ4v) is 2.21. The second-order valence-corrected chi connectivity index (χ2v) is 5.54. The molecule has 1 amide bonds. The van der Waals surface area contributed by atoms with Gasteiger partial charge >= 0.3 is 0 Å². The van der Waals surface area contributed by atoms with Gasteiger partial charge in [0.25, 0.3) is 5.91 Å². The molecule has 2 N–H and O–H groups in total. The van der Waals surface area contributed by atoms with Crippen LogP contribution in [0.2, 0.25) is 0 Å². The average Bonchev–Trinajstić information content (AvgIpc) is 2.59. The quantitative estimate of drug-likeness (QED) is 0.787. The van der Waals surface area contributed by atoms with Crippen molar-refractivity contribution in [2.24, 2.45) is 0 Å². The van der Waals surface area contributed by atoms with Crippen LogP contribution >= 0.6 is 0 Å². The Morgan fingerprint density at radius 3 is 2.48 bits per heavy atom. The molecule has 1 unspecified atom stereocenters. The van der Waals surface area contributed by atoms with Crippen LogP contribution in [-0.4, -0.2) is 23.7 Å². The summed E-state index contributed by atoms with van der Waals surface area (Å²) in [4.78, 5) is 12.1. The maximum atomic E-state index is 12.1. The summed E-state index contributed by atoms with van der Waals surface area (Å²) in [5, 5.41) is 11.7. The lowest BCUT2D eigenvalue weighted by molar-refractivity contribution is 0.0936. The summed E-state index contributed by atoms with van der Waals surface area (Å²) in [5.74, 6) is 0.734. The van der Waals surface area contributed by atoms with Crippen LogP contribution in [0, 0.1) is 0 Å². The van der Waals surface area contributed by atoms with Crippen molar-refractivity contribution in [2.45, 2.75) is 32.4 Å². The van der Waals surface area contributed by atoms with Gasteiger partial charge in [0.2, 0.25) is 0 Å². The number of aliphatic hydroxyl groups is 1. The lowest BCUT2D eigenvalue weighted by atomic mass is 10.1. The van der Waals surface area contributed by atoms with E-state index in [4.69, 9.17) is 9.84 Å². The second kappa shape index (κ2) is 8.96. The van der Waals surface area contributed by atoms with Crippen LogP contribution in [-0.2, 0) is 6.61 Å². The number of amides is 1. The fourth-order valence-electron chi connectivity index (χ4n) is 2.21. The normalized spacial score (nSPS) is 11.7. The standard InChI is InChI=1S/C19H23NO3/c1-15(6-5-13-21)20-19(22)17-11-9-16(10-12-17)14-23-18-7-3-2-4-8-18/h2-4,7-12,15,21H,5-6,13-14H2,1H3,(H,20,22). The van der Waals surface area contributed by atoms with Gasteiger partial charge in [0.15, 0.2) is 0 Å². The van der Waals surface area contributed by atoms with Crippen molar-refractivity contribution in [3.63, 3.8) is 0 Å². The molecular formula is C19H23NO3. The lowest BCUT2D eigenvalue weighted by Crippen LogP contribution is -2.32. The van der Waals surface area contributed by atoms with Crippen molar-refractivity contribution in [1.29, 1.82) is 0 Å². The van der Waals surface area contributed by atoms with Crippen LogP contribution in [0.5, 0.6) is 5.75 Å². The number of hydrogen-bond acceptors (Lipinski definition) is 3. The molecule has 0 saturated heterocycles. The van der Waals surface area contributed by atoms with E-state index < -0.39 is 0 Å². The van der Waals surface area contributed by atoms with Crippen LogP contribution in [0.1, 0.15) is 35.7 Å². The molecule has 0 bridgehead atoms. The van der Waals surface area contributed by atoms with E-state index >= 15 is 0 Å². The average molecular weight is 313 g/mol. The van der Waals surface area contributed by atoms with E-state index in [0.717, 1.165) is 17.7 Å². The summed E-state index contributed by atoms with van der Waals surface area (Å²) in [6.07, 6.45) is 1.46. The van der Waals surface area contributed by atoms with Gasteiger partial charge in [-0.3, -0.25) is 4.79 Å². The van der Waals surface area contributed by atoms with E-state index in [1.165, 1.54) is 0 Å². The minimum absolute atomic E-state index is 0.0516. The zero-order chi connectivity index (χ0) is 16.5. The van der Waals surface area contributed by atoms with Gasteiger partial charge in [-0.15, -0.1) is 0 Å². The third kappa shape index (κ3) is 5.75. The van der Waals surface area contributed by atoms with Crippen LogP contribution in [0.3, 0.4) is 0 Å². The first-order chi connectivity index (χ1) is 11.2. The highest BCUT2D eigenvalue weighted by molar-refractivity contribution is 5.94. The zero-order valence-electron chi connectivity index (χ0n) is 13.4. The number of para-hydroxylation sites is 1. The van der Waals surface area contributed by atoms with Gasteiger partial charge < -0.3 is 15.2 Å². The van der Waals surface area contributed by atoms with Gasteiger partial charge in [-0.05, 0) is 49.6 Å². The molecule has 2 rings (SSSR count). The Labute approximate surface area is 137 Å². The zero-order valence-corrected chi connectivity index (χ0v) is 13.4. The molecule has 0 saturated carbocycles. The Morgan fingerprint density at radius 1 is 1.13 bits per heavy atom. The maximum Gasteiger partial charge on any atom is 0.251 e. The maximum absolute atomic E-state index is 12.1. The molecule has 2 aromatic carbocycles. The summed E-state index contributed by atoms with van der Waals surface area (Å²) in [6, 6.07) is 17.1. The van der Waals surface area contributed by atoms with Crippen molar-refractivity contribution in [2.75, 3.05) is 6.61 Å². The topological polar surface area (TPSA) is 58.6 Å². The molecule has 0 radical (unpaired) electrons. The van der Waals surface area contributed by atoms with Crippen LogP contribution in [0.25, 0.3) is 0 Å². The van der Waals surface area contributed by atoms with E-state index in [9.17, 15) is 4.79 Å². The third-order valence-corrected chi connectivity index (χ3v) is 3.54. The summed E-state index contributed by atoms with van der Waals surface area (Å²) < 4.78 is 5.68. The van der Waals surface area contributed by atoms with E-state index in [1.807, 2.05) is 49.4 Å². The minimum atomic E-state index is -0.0917. The van der Waals surface area contributed by atoms with E-state index in [1.54, 1.807) is 12.1 Å². The van der Waals surface area contributed by atoms with Gasteiger partial charge in [0.05, 0.1) is 0 Å². The molecule has 0 fully saturated rings. The van der Waals surface area contributed by atoms with E-state index in [-0.39, 0.29) is 18.6 Å². The number of ether oxygens (including phenoxy) is 1. The molecule has 0 aliphatic carbocycles. The first kappa shape index (κ1) is 17.0. The molecule has 0 heterocycles. The van der Waals surface area contributed by atoms with Gasteiger partial charge in [0, 0.05) is 18.2 Å². The molecule has 0 aliphatic heterocycles. The Bertz CT molecular complexity index is 596. The number of carbonyl (C=O) groups is 1. The Kier molecular flexibility index (Phi) is 6.63. The first-order valence-electron chi connectivity index (χ1n) is 7.87. The summed E-state index contributed by atoms with van der Waals surface area (Å²) in [5.41, 5.74) is 1.64. The molecule has 23 heavy (non-hydrogen) atoms. The van der Waals surface area contributed by atoms with Gasteiger partial charge in [-0.25, -0.2) is 0 Å². The highest BCUT2D eigenvalue weighted by Crippen LogP contribution is 2.12. The SMILES string of the molecule is CC(CCCO)NC(=O)c1ccc(COc2ccccc2)cc1. The fraction of sp³-hybridized carbons (Fsp3) is 0.316. The highest BCUT2D eigenvalue weighted by Gasteiger charge is 2.09. The van der Waals surface area contributed by atoms with Crippen molar-refractivity contribution < 1.29 is 14.6 Å². The van der Waals surface area contributed by atoms with Crippen LogP contribution in [0.4, 0.5) is 0 Å². The molecule has 4 heteroatoms. The Morgan fingerprint density at radius 2 is 1.83 bits per heavy atom. The van der Waals surface area contributed by atoms with Crippen LogP contribution < -0.4 is 10.1 Å². The predicted octanol–water partition coefficient (Wildman–Crippen LogP) is 3.16. The van der Waals surface area contributed by atoms with Crippen molar-refractivity contribution >= 4 is 5.91 Å². The molecule has 0 aromatic heterocycles. The highest BCUT2D eigenvalue weighted by atomic mass is 16.5. The first-order valence-corrected chi connectivity index (χ1v) is 7.87. The number of benzene rings is 2. The lowest BCUT2D eigenvalue weighted by Gasteiger charge is -2.13. The largest absolute Gasteiger partial charge is 0.489 e. The number of aliphatic hydroxyl groups excluding tert-OH is 1. The van der Waals surface area contributed by atoms with Gasteiger partial charge in [-0.2, -0.15) is 0 Å². The Hall–Kier alpha value is -2.33. The Balaban J connectivity index is 1.85. The predicted molar refractivity (Wildman–Crippen MR) is 90.5 cm³/mol. The summed E-state index contributed by atoms with van der Waals surface area (Å²) in [6.45, 7) is 2.56. The van der Waals surface area contributed by atoms with Crippen molar-refractivity contribution in [1.82, 2.24) is 5.32 Å². The summed E-state index contributed by atoms with van der Waals surface area (Å²) in [7, 11) is 0. The van der Waals surface area contributed by atoms with Gasteiger partial charge in [-0.1, -0.05) is 30.3 Å². The molecule has 2 aromatic rings. The molecule has 0 spiro atoms. The monoisotopic (exact) mass is 313 g/mol. The smallest absolute Gasteiger partial charge is 0.251 e. The van der Waals surface area contributed by atoms with E-state index in [2.05, 4.69) is 5.32 Å². The number of carbonyl (C=O) groups excluding carboxylic acids is 1. The number of nitrogens with one attached hydrogen (secondary N) is 1. The molecule has 4 nitrogen and oxygen atoms in total.